The second-order valence-corrected chi connectivity index (χ2v) is 4.40. The summed E-state index contributed by atoms with van der Waals surface area (Å²) in [6, 6.07) is 9.80. The first-order valence-corrected chi connectivity index (χ1v) is 5.89. The molecule has 0 aliphatic rings. The predicted octanol–water partition coefficient (Wildman–Crippen LogP) is 3.70. The molecule has 1 N–H and O–H groups in total. The van der Waals surface area contributed by atoms with Crippen LogP contribution in [0, 0.1) is 6.92 Å². The Balaban J connectivity index is 2.12. The van der Waals surface area contributed by atoms with Crippen molar-refractivity contribution in [2.45, 2.75) is 13.5 Å². The van der Waals surface area contributed by atoms with Gasteiger partial charge in [0.05, 0.1) is 5.69 Å². The summed E-state index contributed by atoms with van der Waals surface area (Å²) in [6.07, 6.45) is 0. The van der Waals surface area contributed by atoms with Gasteiger partial charge in [-0.3, -0.25) is 0 Å². The summed E-state index contributed by atoms with van der Waals surface area (Å²) in [5, 5.41) is 11.2. The fourth-order valence-electron chi connectivity index (χ4n) is 1.48. The highest BCUT2D eigenvalue weighted by Gasteiger charge is 2.04. The van der Waals surface area contributed by atoms with Gasteiger partial charge in [-0.2, -0.15) is 0 Å². The molecule has 0 spiro atoms. The second-order valence-electron chi connectivity index (χ2n) is 3.65. The Morgan fingerprint density at radius 3 is 2.71 bits per heavy atom. The van der Waals surface area contributed by atoms with Crippen LogP contribution in [0.5, 0.6) is 0 Å². The Labute approximate surface area is 110 Å². The summed E-state index contributed by atoms with van der Waals surface area (Å²) in [4.78, 5) is 0. The van der Waals surface area contributed by atoms with E-state index in [2.05, 4.69) is 34.6 Å². The monoisotopic (exact) mass is 267 g/mol. The Hall–Kier alpha value is -1.32. The standard InChI is InChI=1S/C12H11Cl2N3/c1-8-4-2-3-5-9(8)7-15-10-6-11(13)16-17-12(10)14/h2-6H,7H2,1H3,(H,15,16). The third-order valence-corrected chi connectivity index (χ3v) is 2.91. The lowest BCUT2D eigenvalue weighted by Crippen LogP contribution is -2.03. The molecule has 17 heavy (non-hydrogen) atoms. The summed E-state index contributed by atoms with van der Waals surface area (Å²) < 4.78 is 0. The number of nitrogens with zero attached hydrogens (tertiary/aromatic N) is 2. The van der Waals surface area contributed by atoms with Crippen molar-refractivity contribution in [1.29, 1.82) is 0 Å². The van der Waals surface area contributed by atoms with Crippen LogP contribution >= 0.6 is 23.2 Å². The molecule has 0 saturated heterocycles. The van der Waals surface area contributed by atoms with E-state index >= 15 is 0 Å². The Kier molecular flexibility index (Phi) is 3.82. The van der Waals surface area contributed by atoms with Crippen molar-refractivity contribution in [3.05, 3.63) is 51.8 Å². The smallest absolute Gasteiger partial charge is 0.174 e. The second kappa shape index (κ2) is 5.34. The van der Waals surface area contributed by atoms with E-state index in [9.17, 15) is 0 Å². The normalized spacial score (nSPS) is 10.3. The summed E-state index contributed by atoms with van der Waals surface area (Å²) in [5.74, 6) is 0. The number of hydrogen-bond donors (Lipinski definition) is 1. The van der Waals surface area contributed by atoms with Gasteiger partial charge in [-0.25, -0.2) is 0 Å². The van der Waals surface area contributed by atoms with Crippen LogP contribution in [-0.4, -0.2) is 10.2 Å². The third kappa shape index (κ3) is 3.08. The van der Waals surface area contributed by atoms with E-state index in [0.29, 0.717) is 22.5 Å². The van der Waals surface area contributed by atoms with Crippen molar-refractivity contribution in [2.24, 2.45) is 0 Å². The van der Waals surface area contributed by atoms with E-state index in [1.807, 2.05) is 12.1 Å². The molecule has 0 bridgehead atoms. The van der Waals surface area contributed by atoms with Gasteiger partial charge in [0, 0.05) is 12.6 Å². The highest BCUT2D eigenvalue weighted by atomic mass is 35.5. The van der Waals surface area contributed by atoms with Crippen molar-refractivity contribution in [1.82, 2.24) is 10.2 Å². The zero-order chi connectivity index (χ0) is 12.3. The molecule has 5 heteroatoms. The van der Waals surface area contributed by atoms with Crippen molar-refractivity contribution < 1.29 is 0 Å². The largest absolute Gasteiger partial charge is 0.378 e. The summed E-state index contributed by atoms with van der Waals surface area (Å²) in [5.41, 5.74) is 3.12. The zero-order valence-electron chi connectivity index (χ0n) is 9.24. The van der Waals surface area contributed by atoms with Crippen LogP contribution in [0.4, 0.5) is 5.69 Å². The molecule has 2 rings (SSSR count). The van der Waals surface area contributed by atoms with E-state index in [1.165, 1.54) is 11.1 Å². The number of halogens is 2. The fourth-order valence-corrected chi connectivity index (χ4v) is 1.78. The number of nitrogens with one attached hydrogen (secondary N) is 1. The number of anilines is 1. The van der Waals surface area contributed by atoms with Crippen LogP contribution in [0.2, 0.25) is 10.3 Å². The summed E-state index contributed by atoms with van der Waals surface area (Å²) in [7, 11) is 0. The third-order valence-electron chi connectivity index (χ3n) is 2.45. The molecule has 0 fully saturated rings. The lowest BCUT2D eigenvalue weighted by Gasteiger charge is -2.09. The lowest BCUT2D eigenvalue weighted by atomic mass is 10.1. The Morgan fingerprint density at radius 1 is 1.18 bits per heavy atom. The van der Waals surface area contributed by atoms with E-state index in [0.717, 1.165) is 0 Å². The molecule has 1 aromatic carbocycles. The molecule has 88 valence electrons. The van der Waals surface area contributed by atoms with Crippen LogP contribution in [0.15, 0.2) is 30.3 Å². The first kappa shape index (κ1) is 12.1. The zero-order valence-corrected chi connectivity index (χ0v) is 10.8. The molecule has 1 aromatic heterocycles. The first-order valence-electron chi connectivity index (χ1n) is 5.14. The average Bonchev–Trinajstić information content (AvgIpc) is 2.32. The quantitative estimate of drug-likeness (QED) is 0.922. The van der Waals surface area contributed by atoms with Crippen LogP contribution in [0.3, 0.4) is 0 Å². The molecule has 2 aromatic rings. The Bertz CT molecular complexity index is 529. The summed E-state index contributed by atoms with van der Waals surface area (Å²) >= 11 is 11.7. The summed E-state index contributed by atoms with van der Waals surface area (Å²) in [6.45, 7) is 2.74. The van der Waals surface area contributed by atoms with Gasteiger partial charge in [-0.15, -0.1) is 10.2 Å². The molecule has 0 aliphatic heterocycles. The molecule has 0 saturated carbocycles. The topological polar surface area (TPSA) is 37.8 Å². The maximum Gasteiger partial charge on any atom is 0.174 e. The maximum absolute atomic E-state index is 5.91. The van der Waals surface area contributed by atoms with Gasteiger partial charge in [-0.1, -0.05) is 47.5 Å². The fraction of sp³-hybridized carbons (Fsp3) is 0.167. The van der Waals surface area contributed by atoms with E-state index in [1.54, 1.807) is 6.07 Å². The number of aryl methyl sites for hydroxylation is 1. The first-order chi connectivity index (χ1) is 8.16. The minimum atomic E-state index is 0.321. The van der Waals surface area contributed by atoms with E-state index in [-0.39, 0.29) is 0 Å². The lowest BCUT2D eigenvalue weighted by molar-refractivity contribution is 1.02. The van der Waals surface area contributed by atoms with Crippen molar-refractivity contribution in [3.8, 4) is 0 Å². The molecular weight excluding hydrogens is 257 g/mol. The highest BCUT2D eigenvalue weighted by molar-refractivity contribution is 6.33. The predicted molar refractivity (Wildman–Crippen MR) is 70.6 cm³/mol. The van der Waals surface area contributed by atoms with E-state index in [4.69, 9.17) is 23.2 Å². The molecule has 3 nitrogen and oxygen atoms in total. The van der Waals surface area contributed by atoms with Gasteiger partial charge in [0.25, 0.3) is 0 Å². The minimum Gasteiger partial charge on any atom is -0.378 e. The molecule has 0 atom stereocenters. The Morgan fingerprint density at radius 2 is 1.94 bits per heavy atom. The molecular formula is C12H11Cl2N3. The van der Waals surface area contributed by atoms with Crippen molar-refractivity contribution in [3.63, 3.8) is 0 Å². The van der Waals surface area contributed by atoms with Gasteiger partial charge in [-0.05, 0) is 18.1 Å². The number of hydrogen-bond acceptors (Lipinski definition) is 3. The molecule has 0 unspecified atom stereocenters. The van der Waals surface area contributed by atoms with E-state index < -0.39 is 0 Å². The molecule has 0 aliphatic carbocycles. The maximum atomic E-state index is 5.91. The number of aromatic nitrogens is 2. The SMILES string of the molecule is Cc1ccccc1CNc1cc(Cl)nnc1Cl. The number of benzene rings is 1. The van der Waals surface area contributed by atoms with Crippen molar-refractivity contribution >= 4 is 28.9 Å². The van der Waals surface area contributed by atoms with Crippen LogP contribution in [0.25, 0.3) is 0 Å². The van der Waals surface area contributed by atoms with Gasteiger partial charge in [0.1, 0.15) is 0 Å². The number of rotatable bonds is 3. The van der Waals surface area contributed by atoms with Gasteiger partial charge < -0.3 is 5.32 Å². The highest BCUT2D eigenvalue weighted by Crippen LogP contribution is 2.21. The molecule has 0 radical (unpaired) electrons. The molecule has 1 heterocycles. The van der Waals surface area contributed by atoms with Crippen LogP contribution < -0.4 is 5.32 Å². The minimum absolute atomic E-state index is 0.321. The van der Waals surface area contributed by atoms with Crippen molar-refractivity contribution in [2.75, 3.05) is 5.32 Å². The van der Waals surface area contributed by atoms with Gasteiger partial charge >= 0.3 is 0 Å². The van der Waals surface area contributed by atoms with Gasteiger partial charge in [0.15, 0.2) is 10.3 Å². The van der Waals surface area contributed by atoms with Crippen LogP contribution in [0.1, 0.15) is 11.1 Å². The van der Waals surface area contributed by atoms with Gasteiger partial charge in [0.2, 0.25) is 0 Å². The van der Waals surface area contributed by atoms with Crippen LogP contribution in [-0.2, 0) is 6.54 Å². The average molecular weight is 268 g/mol. The molecule has 0 amide bonds.